The first-order valence-electron chi connectivity index (χ1n) is 7.31. The van der Waals surface area contributed by atoms with Gasteiger partial charge in [0, 0.05) is 29.1 Å². The van der Waals surface area contributed by atoms with Gasteiger partial charge in [-0.05, 0) is 11.6 Å². The number of hydrogen-bond donors (Lipinski definition) is 1. The van der Waals surface area contributed by atoms with Crippen molar-refractivity contribution in [2.45, 2.75) is 11.8 Å². The number of rotatable bonds is 4. The van der Waals surface area contributed by atoms with Gasteiger partial charge in [-0.15, -0.1) is 0 Å². The van der Waals surface area contributed by atoms with Gasteiger partial charge in [-0.2, -0.15) is 5.26 Å². The van der Waals surface area contributed by atoms with Crippen molar-refractivity contribution >= 4 is 16.9 Å². The number of carbonyl (C=O) groups excluding carboxylic acids is 1. The molecule has 1 heterocycles. The molecule has 0 fully saturated rings. The molecule has 0 aliphatic carbocycles. The van der Waals surface area contributed by atoms with Gasteiger partial charge in [0.25, 0.3) is 0 Å². The van der Waals surface area contributed by atoms with Crippen LogP contribution in [0.1, 0.15) is 11.1 Å². The summed E-state index contributed by atoms with van der Waals surface area (Å²) in [5.41, 5.74) is 1.06. The van der Waals surface area contributed by atoms with Crippen LogP contribution in [0.15, 0.2) is 60.8 Å². The number of H-pyrrole nitrogens is 1. The van der Waals surface area contributed by atoms with Crippen LogP contribution < -0.4 is 0 Å². The maximum Gasteiger partial charge on any atom is 0.331 e. The molecule has 1 N–H and O–H groups in total. The number of ether oxygens (including phenoxy) is 1. The second kappa shape index (κ2) is 5.98. The van der Waals surface area contributed by atoms with E-state index in [4.69, 9.17) is 4.74 Å². The second-order valence-electron chi connectivity index (χ2n) is 5.42. The molecule has 4 nitrogen and oxygen atoms in total. The summed E-state index contributed by atoms with van der Waals surface area (Å²) >= 11 is 0. The fraction of sp³-hybridized carbons (Fsp3) is 0.158. The Morgan fingerprint density at radius 2 is 1.87 bits per heavy atom. The van der Waals surface area contributed by atoms with E-state index in [1.807, 2.05) is 54.6 Å². The molecule has 2 aromatic carbocycles. The summed E-state index contributed by atoms with van der Waals surface area (Å²) in [6.45, 7) is 0. The molecule has 0 aliphatic rings. The van der Waals surface area contributed by atoms with Crippen LogP contribution >= 0.6 is 0 Å². The first-order chi connectivity index (χ1) is 11.2. The van der Waals surface area contributed by atoms with Crippen molar-refractivity contribution < 1.29 is 9.53 Å². The molecule has 0 bridgehead atoms. The van der Waals surface area contributed by atoms with Crippen molar-refractivity contribution in [1.82, 2.24) is 4.98 Å². The molecular formula is C19H16N2O2. The van der Waals surface area contributed by atoms with Gasteiger partial charge in [-0.1, -0.05) is 48.5 Å². The third-order valence-corrected chi connectivity index (χ3v) is 4.09. The fourth-order valence-electron chi connectivity index (χ4n) is 2.92. The Kier molecular flexibility index (Phi) is 3.86. The number of carbonyl (C=O) groups is 1. The first kappa shape index (κ1) is 14.9. The fourth-order valence-corrected chi connectivity index (χ4v) is 2.92. The van der Waals surface area contributed by atoms with Crippen LogP contribution in [0.25, 0.3) is 10.9 Å². The molecule has 0 radical (unpaired) electrons. The summed E-state index contributed by atoms with van der Waals surface area (Å²) in [4.78, 5) is 15.7. The predicted octanol–water partition coefficient (Wildman–Crippen LogP) is 3.34. The number of nitriles is 1. The summed E-state index contributed by atoms with van der Waals surface area (Å²) in [5, 5.41) is 10.8. The van der Waals surface area contributed by atoms with Crippen LogP contribution in [0.5, 0.6) is 0 Å². The third-order valence-electron chi connectivity index (χ3n) is 4.09. The molecule has 1 unspecified atom stereocenters. The Labute approximate surface area is 134 Å². The number of aromatic amines is 1. The average molecular weight is 304 g/mol. The SMILES string of the molecule is COC(=O)C(C#N)(Cc1ccccc1)c1c[nH]c2ccccc12. The smallest absolute Gasteiger partial charge is 0.331 e. The van der Waals surface area contributed by atoms with E-state index in [1.165, 1.54) is 7.11 Å². The van der Waals surface area contributed by atoms with Gasteiger partial charge in [-0.3, -0.25) is 0 Å². The largest absolute Gasteiger partial charge is 0.468 e. The van der Waals surface area contributed by atoms with E-state index in [9.17, 15) is 10.1 Å². The Morgan fingerprint density at radius 1 is 1.17 bits per heavy atom. The summed E-state index contributed by atoms with van der Waals surface area (Å²) in [7, 11) is 1.31. The van der Waals surface area contributed by atoms with Crippen LogP contribution in [0, 0.1) is 11.3 Å². The van der Waals surface area contributed by atoms with Gasteiger partial charge >= 0.3 is 5.97 Å². The molecule has 0 saturated heterocycles. The molecule has 4 heteroatoms. The zero-order valence-corrected chi connectivity index (χ0v) is 12.7. The molecule has 23 heavy (non-hydrogen) atoms. The Morgan fingerprint density at radius 3 is 2.57 bits per heavy atom. The number of hydrogen-bond acceptors (Lipinski definition) is 3. The van der Waals surface area contributed by atoms with Crippen molar-refractivity contribution in [2.24, 2.45) is 0 Å². The number of methoxy groups -OCH3 is 1. The highest BCUT2D eigenvalue weighted by molar-refractivity contribution is 5.95. The number of nitrogens with one attached hydrogen (secondary N) is 1. The van der Waals surface area contributed by atoms with Crippen molar-refractivity contribution in [3.8, 4) is 6.07 Å². The minimum absolute atomic E-state index is 0.263. The topological polar surface area (TPSA) is 65.9 Å². The molecule has 0 spiro atoms. The van der Waals surface area contributed by atoms with Gasteiger partial charge in [0.15, 0.2) is 5.41 Å². The molecule has 3 aromatic rings. The maximum absolute atomic E-state index is 12.6. The number of fused-ring (bicyclic) bond motifs is 1. The lowest BCUT2D eigenvalue weighted by molar-refractivity contribution is -0.145. The second-order valence-corrected chi connectivity index (χ2v) is 5.42. The van der Waals surface area contributed by atoms with E-state index in [0.717, 1.165) is 16.5 Å². The van der Waals surface area contributed by atoms with Crippen molar-refractivity contribution in [2.75, 3.05) is 7.11 Å². The number of aromatic nitrogens is 1. The first-order valence-corrected chi connectivity index (χ1v) is 7.31. The molecule has 114 valence electrons. The maximum atomic E-state index is 12.6. The van der Waals surface area contributed by atoms with Crippen LogP contribution in [-0.4, -0.2) is 18.1 Å². The lowest BCUT2D eigenvalue weighted by atomic mass is 9.76. The molecule has 0 amide bonds. The van der Waals surface area contributed by atoms with Gasteiger partial charge < -0.3 is 9.72 Å². The van der Waals surface area contributed by atoms with Crippen LogP contribution in [0.3, 0.4) is 0 Å². The lowest BCUT2D eigenvalue weighted by Crippen LogP contribution is -2.37. The average Bonchev–Trinajstić information content (AvgIpc) is 3.04. The van der Waals surface area contributed by atoms with E-state index < -0.39 is 11.4 Å². The van der Waals surface area contributed by atoms with Crippen LogP contribution in [0.2, 0.25) is 0 Å². The Balaban J connectivity index is 2.19. The van der Waals surface area contributed by atoms with Gasteiger partial charge in [0.1, 0.15) is 0 Å². The summed E-state index contributed by atoms with van der Waals surface area (Å²) in [6.07, 6.45) is 1.99. The lowest BCUT2D eigenvalue weighted by Gasteiger charge is -2.23. The van der Waals surface area contributed by atoms with E-state index in [0.29, 0.717) is 5.56 Å². The minimum atomic E-state index is -1.38. The molecule has 3 rings (SSSR count). The standard InChI is InChI=1S/C19H16N2O2/c1-23-18(22)19(13-20,11-14-7-3-2-4-8-14)16-12-21-17-10-6-5-9-15(16)17/h2-10,12,21H,11H2,1H3. The van der Waals surface area contributed by atoms with Crippen LogP contribution in [0.4, 0.5) is 0 Å². The number of nitrogens with zero attached hydrogens (tertiary/aromatic N) is 1. The number of benzene rings is 2. The Hall–Kier alpha value is -3.06. The predicted molar refractivity (Wildman–Crippen MR) is 87.8 cm³/mol. The quantitative estimate of drug-likeness (QED) is 0.752. The number of esters is 1. The highest BCUT2D eigenvalue weighted by atomic mass is 16.5. The van der Waals surface area contributed by atoms with Crippen LogP contribution in [-0.2, 0) is 21.4 Å². The third kappa shape index (κ3) is 2.47. The molecule has 0 aliphatic heterocycles. The van der Waals surface area contributed by atoms with E-state index in [2.05, 4.69) is 11.1 Å². The molecule has 1 aromatic heterocycles. The molecular weight excluding hydrogens is 288 g/mol. The van der Waals surface area contributed by atoms with Gasteiger partial charge in [0.05, 0.1) is 13.2 Å². The van der Waals surface area contributed by atoms with E-state index >= 15 is 0 Å². The van der Waals surface area contributed by atoms with Crippen molar-refractivity contribution in [3.05, 3.63) is 71.9 Å². The normalized spacial score (nSPS) is 13.2. The summed E-state index contributed by atoms with van der Waals surface area (Å²) in [5.74, 6) is -0.548. The summed E-state index contributed by atoms with van der Waals surface area (Å²) in [6, 6.07) is 19.3. The van der Waals surface area contributed by atoms with Crippen molar-refractivity contribution in [1.29, 1.82) is 5.26 Å². The van der Waals surface area contributed by atoms with Gasteiger partial charge in [-0.25, -0.2) is 4.79 Å². The highest BCUT2D eigenvalue weighted by Crippen LogP contribution is 2.34. The zero-order valence-electron chi connectivity index (χ0n) is 12.7. The van der Waals surface area contributed by atoms with E-state index in [-0.39, 0.29) is 6.42 Å². The number of para-hydroxylation sites is 1. The molecule has 1 atom stereocenters. The minimum Gasteiger partial charge on any atom is -0.468 e. The monoisotopic (exact) mass is 304 g/mol. The summed E-state index contributed by atoms with van der Waals surface area (Å²) < 4.78 is 4.98. The zero-order chi connectivity index (χ0) is 16.3. The van der Waals surface area contributed by atoms with Crippen molar-refractivity contribution in [3.63, 3.8) is 0 Å². The molecule has 0 saturated carbocycles. The van der Waals surface area contributed by atoms with Gasteiger partial charge in [0.2, 0.25) is 0 Å². The van der Waals surface area contributed by atoms with E-state index in [1.54, 1.807) is 6.20 Å². The highest BCUT2D eigenvalue weighted by Gasteiger charge is 2.44. The Bertz CT molecular complexity index is 877.